The summed E-state index contributed by atoms with van der Waals surface area (Å²) in [4.78, 5) is 0. The highest BCUT2D eigenvalue weighted by atomic mass is 32.2. The number of hydrogen-bond acceptors (Lipinski definition) is 2. The molecule has 0 amide bonds. The van der Waals surface area contributed by atoms with E-state index in [-0.39, 0.29) is 0 Å². The molecule has 0 aromatic heterocycles. The van der Waals surface area contributed by atoms with Crippen molar-refractivity contribution in [2.24, 2.45) is 0 Å². The smallest absolute Gasteiger partial charge is 0.284 e. The van der Waals surface area contributed by atoms with Gasteiger partial charge >= 0.3 is 11.4 Å². The van der Waals surface area contributed by atoms with E-state index in [9.17, 15) is 8.60 Å². The Hall–Kier alpha value is -0.0000000000000000486. The molecule has 0 aromatic rings. The minimum atomic E-state index is -2.47. The van der Waals surface area contributed by atoms with Crippen LogP contribution in [0.2, 0.25) is 0 Å². The predicted octanol–water partition coefficient (Wildman–Crippen LogP) is 0.455. The van der Waals surface area contributed by atoms with Crippen molar-refractivity contribution in [3.63, 3.8) is 0 Å². The summed E-state index contributed by atoms with van der Waals surface area (Å²) in [7, 11) is 0. The maximum Gasteiger partial charge on any atom is 0.304 e. The Morgan fingerprint density at radius 1 is 2.00 bits per heavy atom. The van der Waals surface area contributed by atoms with Gasteiger partial charge in [-0.3, -0.25) is 4.55 Å². The molecule has 0 rings (SSSR count). The molecule has 5 heteroatoms. The summed E-state index contributed by atoms with van der Waals surface area (Å²) < 4.78 is 32.2. The van der Waals surface area contributed by atoms with Gasteiger partial charge in [0.15, 0.2) is 0 Å². The van der Waals surface area contributed by atoms with E-state index in [4.69, 9.17) is 4.55 Å². The third kappa shape index (κ3) is 6.00. The molecule has 0 spiro atoms. The van der Waals surface area contributed by atoms with E-state index in [1.165, 1.54) is 0 Å². The van der Waals surface area contributed by atoms with E-state index in [0.29, 0.717) is 0 Å². The fourth-order valence-corrected chi connectivity index (χ4v) is 0.340. The van der Waals surface area contributed by atoms with Gasteiger partial charge in [0.25, 0.3) is 0 Å². The molecule has 2 unspecified atom stereocenters. The normalized spacial score (nSPS) is 18.7. The molecule has 0 saturated carbocycles. The maximum absolute atomic E-state index is 11.4. The van der Waals surface area contributed by atoms with Crippen LogP contribution in [0.4, 0.5) is 4.39 Å². The fourth-order valence-electron chi connectivity index (χ4n) is 0.113. The number of hydrogen-bond donors (Lipinski definition) is 1. The highest BCUT2D eigenvalue weighted by molar-refractivity contribution is 7.74. The molecule has 0 aliphatic rings. The molecule has 7 heavy (non-hydrogen) atoms. The van der Waals surface area contributed by atoms with Gasteiger partial charge in [-0.1, -0.05) is 0 Å². The molecule has 3 nitrogen and oxygen atoms in total. The van der Waals surface area contributed by atoms with Crippen molar-refractivity contribution in [1.29, 1.82) is 0 Å². The number of halogens is 1. The van der Waals surface area contributed by atoms with Crippen molar-refractivity contribution >= 4 is 11.4 Å². The van der Waals surface area contributed by atoms with Crippen LogP contribution in [0.5, 0.6) is 0 Å². The summed E-state index contributed by atoms with van der Waals surface area (Å²) in [5.41, 5.74) is 0. The highest BCUT2D eigenvalue weighted by Gasteiger charge is 1.99. The van der Waals surface area contributed by atoms with E-state index in [1.807, 2.05) is 0 Å². The van der Waals surface area contributed by atoms with Gasteiger partial charge in [-0.15, -0.1) is 0 Å². The van der Waals surface area contributed by atoms with Crippen LogP contribution in [0.25, 0.3) is 0 Å². The predicted molar refractivity (Wildman–Crippen MR) is 22.4 cm³/mol. The first-order valence-corrected chi connectivity index (χ1v) is 2.58. The Labute approximate surface area is 43.0 Å². The summed E-state index contributed by atoms with van der Waals surface area (Å²) in [6, 6.07) is 0. The average Bonchev–Trinajstić information content (AvgIpc) is 1.27. The van der Waals surface area contributed by atoms with E-state index >= 15 is 0 Å². The molecule has 2 atom stereocenters. The van der Waals surface area contributed by atoms with E-state index in [2.05, 4.69) is 4.18 Å². The van der Waals surface area contributed by atoms with Crippen LogP contribution < -0.4 is 0 Å². The van der Waals surface area contributed by atoms with Gasteiger partial charge in [0, 0.05) is 0 Å². The summed E-state index contributed by atoms with van der Waals surface area (Å²) in [5.74, 6) is 0. The van der Waals surface area contributed by atoms with Crippen molar-refractivity contribution < 1.29 is 17.3 Å². The minimum Gasteiger partial charge on any atom is -0.284 e. The van der Waals surface area contributed by atoms with E-state index < -0.39 is 17.7 Å². The minimum absolute atomic E-state index is 1.02. The highest BCUT2D eigenvalue weighted by Crippen LogP contribution is 1.91. The van der Waals surface area contributed by atoms with Gasteiger partial charge in [-0.25, -0.2) is 8.57 Å². The van der Waals surface area contributed by atoms with Crippen LogP contribution in [-0.4, -0.2) is 15.1 Å². The monoisotopic (exact) mass is 128 g/mol. The third-order valence-electron chi connectivity index (χ3n) is 0.215. The van der Waals surface area contributed by atoms with Gasteiger partial charge in [0.2, 0.25) is 6.36 Å². The molecule has 44 valence electrons. The molecular formula is C2H5FO3S. The van der Waals surface area contributed by atoms with E-state index in [0.717, 1.165) is 6.92 Å². The Morgan fingerprint density at radius 3 is 2.43 bits per heavy atom. The van der Waals surface area contributed by atoms with Crippen molar-refractivity contribution in [3.05, 3.63) is 0 Å². The Kier molecular flexibility index (Phi) is 3.06. The van der Waals surface area contributed by atoms with Crippen LogP contribution in [0.3, 0.4) is 0 Å². The van der Waals surface area contributed by atoms with E-state index in [1.54, 1.807) is 0 Å². The quantitative estimate of drug-likeness (QED) is 0.549. The number of rotatable bonds is 2. The molecule has 0 aliphatic carbocycles. The molecule has 0 bridgehead atoms. The van der Waals surface area contributed by atoms with Crippen molar-refractivity contribution in [2.75, 3.05) is 0 Å². The first-order valence-electron chi connectivity index (χ1n) is 1.55. The molecule has 0 fully saturated rings. The lowest BCUT2D eigenvalue weighted by atomic mass is 10.8. The van der Waals surface area contributed by atoms with Crippen LogP contribution in [0.15, 0.2) is 0 Å². The third-order valence-corrected chi connectivity index (χ3v) is 0.645. The summed E-state index contributed by atoms with van der Waals surface area (Å²) >= 11 is -2.47. The standard InChI is InChI=1S/C2H5FO3S/c1-2(3)6-7(4)5/h2H,1H3,(H,4,5). The van der Waals surface area contributed by atoms with Gasteiger partial charge in [-0.05, 0) is 6.92 Å². The first-order chi connectivity index (χ1) is 3.13. The molecule has 0 aromatic carbocycles. The Bertz CT molecular complexity index is 73.3. The second-order valence-corrected chi connectivity index (χ2v) is 1.48. The molecule has 0 saturated heterocycles. The van der Waals surface area contributed by atoms with Gasteiger partial charge in [0.05, 0.1) is 0 Å². The zero-order valence-corrected chi connectivity index (χ0v) is 4.44. The van der Waals surface area contributed by atoms with Crippen LogP contribution in [0.1, 0.15) is 6.92 Å². The van der Waals surface area contributed by atoms with Crippen LogP contribution >= 0.6 is 0 Å². The van der Waals surface area contributed by atoms with Gasteiger partial charge in [0.1, 0.15) is 0 Å². The van der Waals surface area contributed by atoms with Crippen molar-refractivity contribution in [3.8, 4) is 0 Å². The van der Waals surface area contributed by atoms with Crippen LogP contribution in [-0.2, 0) is 15.5 Å². The second kappa shape index (κ2) is 3.06. The molecule has 0 heterocycles. The lowest BCUT2D eigenvalue weighted by Gasteiger charge is -1.93. The molecular weight excluding hydrogens is 123 g/mol. The lowest BCUT2D eigenvalue weighted by Crippen LogP contribution is -2.01. The Balaban J connectivity index is 3.13. The Morgan fingerprint density at radius 2 is 2.43 bits per heavy atom. The lowest BCUT2D eigenvalue weighted by molar-refractivity contribution is 0.0910. The zero-order chi connectivity index (χ0) is 5.86. The molecule has 1 N–H and O–H groups in total. The van der Waals surface area contributed by atoms with Crippen molar-refractivity contribution in [1.82, 2.24) is 0 Å². The topological polar surface area (TPSA) is 46.5 Å². The fraction of sp³-hybridized carbons (Fsp3) is 1.00. The summed E-state index contributed by atoms with van der Waals surface area (Å²) in [6.07, 6.45) is -1.68. The molecule has 0 radical (unpaired) electrons. The largest absolute Gasteiger partial charge is 0.304 e. The first kappa shape index (κ1) is 7.00. The SMILES string of the molecule is CC(F)OS(=O)O. The van der Waals surface area contributed by atoms with Crippen LogP contribution in [0, 0.1) is 0 Å². The number of alkyl halides is 1. The summed E-state index contributed by atoms with van der Waals surface area (Å²) in [5, 5.41) is 0. The second-order valence-electron chi connectivity index (χ2n) is 0.856. The molecule has 0 aliphatic heterocycles. The van der Waals surface area contributed by atoms with Crippen molar-refractivity contribution in [2.45, 2.75) is 13.3 Å². The summed E-state index contributed by atoms with van der Waals surface area (Å²) in [6.45, 7) is 1.02. The average molecular weight is 128 g/mol. The van der Waals surface area contributed by atoms with Gasteiger partial charge in [-0.2, -0.15) is 4.21 Å². The van der Waals surface area contributed by atoms with Gasteiger partial charge < -0.3 is 0 Å². The zero-order valence-electron chi connectivity index (χ0n) is 3.63. The maximum atomic E-state index is 11.4.